The average Bonchev–Trinajstić information content (AvgIpc) is 3.04. The van der Waals surface area contributed by atoms with Crippen molar-refractivity contribution in [3.8, 4) is 0 Å². The summed E-state index contributed by atoms with van der Waals surface area (Å²) in [4.78, 5) is 20.5. The molecule has 0 saturated carbocycles. The highest BCUT2D eigenvalue weighted by atomic mass is 16.2. The van der Waals surface area contributed by atoms with Gasteiger partial charge in [0.25, 0.3) is 5.91 Å². The Kier molecular flexibility index (Phi) is 4.47. The standard InChI is InChI=1S/C23H21N3O/c1-15-7-3-4-8-18(15)22(17-11-13-24-14-12-17)26-23(27)21-16(2)19-9-5-6-10-20(19)25-21/h3-14,22,25H,1-2H3,(H,26,27)/t22-/m1/s1. The summed E-state index contributed by atoms with van der Waals surface area (Å²) in [6, 6.07) is 19.7. The number of H-pyrrole nitrogens is 1. The summed E-state index contributed by atoms with van der Waals surface area (Å²) in [7, 11) is 0. The molecule has 0 bridgehead atoms. The number of hydrogen-bond donors (Lipinski definition) is 2. The predicted octanol–water partition coefficient (Wildman–Crippen LogP) is 4.70. The zero-order valence-electron chi connectivity index (χ0n) is 15.4. The molecule has 0 fully saturated rings. The van der Waals surface area contributed by atoms with Crippen LogP contribution in [0.5, 0.6) is 0 Å². The van der Waals surface area contributed by atoms with E-state index in [1.807, 2.05) is 55.5 Å². The molecule has 4 aromatic rings. The molecule has 4 rings (SSSR count). The van der Waals surface area contributed by atoms with E-state index in [-0.39, 0.29) is 11.9 Å². The number of nitrogens with one attached hydrogen (secondary N) is 2. The van der Waals surface area contributed by atoms with Crippen molar-refractivity contribution >= 4 is 16.8 Å². The van der Waals surface area contributed by atoms with Gasteiger partial charge in [-0.15, -0.1) is 0 Å². The van der Waals surface area contributed by atoms with Crippen molar-refractivity contribution in [3.63, 3.8) is 0 Å². The number of carbonyl (C=O) groups excluding carboxylic acids is 1. The average molecular weight is 355 g/mol. The van der Waals surface area contributed by atoms with Crippen molar-refractivity contribution in [2.24, 2.45) is 0 Å². The van der Waals surface area contributed by atoms with Crippen LogP contribution in [0.1, 0.15) is 38.8 Å². The summed E-state index contributed by atoms with van der Waals surface area (Å²) in [5, 5.41) is 4.28. The molecule has 4 heteroatoms. The second-order valence-corrected chi connectivity index (χ2v) is 6.71. The maximum absolute atomic E-state index is 13.1. The van der Waals surface area contributed by atoms with Crippen molar-refractivity contribution in [1.82, 2.24) is 15.3 Å². The SMILES string of the molecule is Cc1ccccc1[C@H](NC(=O)c1[nH]c2ccccc2c1C)c1ccncc1. The number of fused-ring (bicyclic) bond motifs is 1. The number of hydrogen-bond acceptors (Lipinski definition) is 2. The Bertz CT molecular complexity index is 1100. The van der Waals surface area contributed by atoms with Crippen molar-refractivity contribution in [2.75, 3.05) is 0 Å². The second kappa shape index (κ2) is 7.08. The molecule has 0 unspecified atom stereocenters. The Hall–Kier alpha value is -3.40. The molecule has 1 atom stereocenters. The van der Waals surface area contributed by atoms with Gasteiger partial charge in [-0.05, 0) is 54.3 Å². The molecule has 2 aromatic heterocycles. The number of aromatic nitrogens is 2. The fraction of sp³-hybridized carbons (Fsp3) is 0.130. The van der Waals surface area contributed by atoms with Crippen LogP contribution in [-0.4, -0.2) is 15.9 Å². The third kappa shape index (κ3) is 3.22. The summed E-state index contributed by atoms with van der Waals surface area (Å²) in [5.74, 6) is -0.117. The van der Waals surface area contributed by atoms with Crippen LogP contribution in [0.3, 0.4) is 0 Å². The van der Waals surface area contributed by atoms with Gasteiger partial charge in [-0.3, -0.25) is 9.78 Å². The monoisotopic (exact) mass is 355 g/mol. The lowest BCUT2D eigenvalue weighted by molar-refractivity contribution is 0.0938. The summed E-state index contributed by atoms with van der Waals surface area (Å²) in [6.45, 7) is 4.03. The predicted molar refractivity (Wildman–Crippen MR) is 108 cm³/mol. The zero-order chi connectivity index (χ0) is 18.8. The molecule has 134 valence electrons. The lowest BCUT2D eigenvalue weighted by atomic mass is 9.95. The number of carbonyl (C=O) groups is 1. The Morgan fingerprint density at radius 1 is 0.963 bits per heavy atom. The van der Waals surface area contributed by atoms with Crippen LogP contribution in [0.25, 0.3) is 10.9 Å². The Morgan fingerprint density at radius 2 is 1.67 bits per heavy atom. The molecule has 2 aromatic carbocycles. The number of benzene rings is 2. The molecule has 0 spiro atoms. The van der Waals surface area contributed by atoms with Gasteiger partial charge in [0.1, 0.15) is 5.69 Å². The molecule has 2 N–H and O–H groups in total. The molecule has 1 amide bonds. The molecule has 4 nitrogen and oxygen atoms in total. The quantitative estimate of drug-likeness (QED) is 0.557. The number of aromatic amines is 1. The molecular weight excluding hydrogens is 334 g/mol. The highest BCUT2D eigenvalue weighted by molar-refractivity contribution is 6.01. The van der Waals surface area contributed by atoms with E-state index >= 15 is 0 Å². The summed E-state index contributed by atoms with van der Waals surface area (Å²) in [5.41, 5.74) is 5.74. The Morgan fingerprint density at radius 3 is 2.41 bits per heavy atom. The van der Waals surface area contributed by atoms with Gasteiger partial charge in [0.2, 0.25) is 0 Å². The van der Waals surface area contributed by atoms with E-state index in [4.69, 9.17) is 0 Å². The molecule has 0 aliphatic carbocycles. The fourth-order valence-electron chi connectivity index (χ4n) is 3.52. The zero-order valence-corrected chi connectivity index (χ0v) is 15.4. The molecule has 0 radical (unpaired) electrons. The largest absolute Gasteiger partial charge is 0.350 e. The number of rotatable bonds is 4. The normalized spacial score (nSPS) is 12.1. The number of pyridine rings is 1. The Balaban J connectivity index is 1.74. The van der Waals surface area contributed by atoms with Crippen LogP contribution < -0.4 is 5.32 Å². The molecule has 0 aliphatic rings. The van der Waals surface area contributed by atoms with Gasteiger partial charge in [-0.25, -0.2) is 0 Å². The number of nitrogens with zero attached hydrogens (tertiary/aromatic N) is 1. The lowest BCUT2D eigenvalue weighted by Gasteiger charge is -2.21. The second-order valence-electron chi connectivity index (χ2n) is 6.71. The maximum Gasteiger partial charge on any atom is 0.268 e. The first-order chi connectivity index (χ1) is 13.1. The molecule has 0 saturated heterocycles. The van der Waals surface area contributed by atoms with Crippen LogP contribution in [0.15, 0.2) is 73.1 Å². The van der Waals surface area contributed by atoms with Crippen LogP contribution in [0.2, 0.25) is 0 Å². The van der Waals surface area contributed by atoms with E-state index in [2.05, 4.69) is 34.3 Å². The number of aryl methyl sites for hydroxylation is 2. The highest BCUT2D eigenvalue weighted by Crippen LogP contribution is 2.26. The van der Waals surface area contributed by atoms with E-state index in [9.17, 15) is 4.79 Å². The van der Waals surface area contributed by atoms with Crippen molar-refractivity contribution < 1.29 is 4.79 Å². The highest BCUT2D eigenvalue weighted by Gasteiger charge is 2.22. The van der Waals surface area contributed by atoms with Crippen LogP contribution in [0.4, 0.5) is 0 Å². The van der Waals surface area contributed by atoms with Gasteiger partial charge in [-0.1, -0.05) is 42.5 Å². The van der Waals surface area contributed by atoms with E-state index < -0.39 is 0 Å². The van der Waals surface area contributed by atoms with E-state index in [1.54, 1.807) is 12.4 Å². The van der Waals surface area contributed by atoms with Gasteiger partial charge in [0, 0.05) is 23.3 Å². The third-order valence-electron chi connectivity index (χ3n) is 5.01. The maximum atomic E-state index is 13.1. The van der Waals surface area contributed by atoms with Crippen LogP contribution >= 0.6 is 0 Å². The molecule has 0 aliphatic heterocycles. The van der Waals surface area contributed by atoms with Crippen LogP contribution in [0, 0.1) is 13.8 Å². The molecule has 27 heavy (non-hydrogen) atoms. The molecular formula is C23H21N3O. The van der Waals surface area contributed by atoms with Gasteiger partial charge in [-0.2, -0.15) is 0 Å². The first-order valence-electron chi connectivity index (χ1n) is 8.99. The Labute approximate surface area is 158 Å². The van der Waals surface area contributed by atoms with Crippen LogP contribution in [-0.2, 0) is 0 Å². The van der Waals surface area contributed by atoms with Gasteiger partial charge >= 0.3 is 0 Å². The van der Waals surface area contributed by atoms with E-state index in [0.29, 0.717) is 5.69 Å². The van der Waals surface area contributed by atoms with Gasteiger partial charge < -0.3 is 10.3 Å². The first kappa shape index (κ1) is 17.0. The van der Waals surface area contributed by atoms with E-state index in [1.165, 1.54) is 0 Å². The number of para-hydroxylation sites is 1. The van der Waals surface area contributed by atoms with Gasteiger partial charge in [0.15, 0.2) is 0 Å². The summed E-state index contributed by atoms with van der Waals surface area (Å²) < 4.78 is 0. The van der Waals surface area contributed by atoms with Crippen molar-refractivity contribution in [1.29, 1.82) is 0 Å². The fourth-order valence-corrected chi connectivity index (χ4v) is 3.52. The third-order valence-corrected chi connectivity index (χ3v) is 5.01. The first-order valence-corrected chi connectivity index (χ1v) is 8.99. The summed E-state index contributed by atoms with van der Waals surface area (Å²) in [6.07, 6.45) is 3.50. The minimum absolute atomic E-state index is 0.117. The number of amides is 1. The van der Waals surface area contributed by atoms with E-state index in [0.717, 1.165) is 33.2 Å². The topological polar surface area (TPSA) is 57.8 Å². The smallest absolute Gasteiger partial charge is 0.268 e. The van der Waals surface area contributed by atoms with Crippen molar-refractivity contribution in [2.45, 2.75) is 19.9 Å². The van der Waals surface area contributed by atoms with Crippen molar-refractivity contribution in [3.05, 3.63) is 101 Å². The lowest BCUT2D eigenvalue weighted by Crippen LogP contribution is -2.30. The van der Waals surface area contributed by atoms with Gasteiger partial charge in [0.05, 0.1) is 6.04 Å². The minimum atomic E-state index is -0.243. The molecule has 2 heterocycles. The minimum Gasteiger partial charge on any atom is -0.350 e. The summed E-state index contributed by atoms with van der Waals surface area (Å²) >= 11 is 0.